The van der Waals surface area contributed by atoms with Crippen molar-refractivity contribution in [3.05, 3.63) is 60.2 Å². The third kappa shape index (κ3) is 4.07. The van der Waals surface area contributed by atoms with Gasteiger partial charge < -0.3 is 14.5 Å². The lowest BCUT2D eigenvalue weighted by molar-refractivity contribution is -0.133. The van der Waals surface area contributed by atoms with E-state index in [-0.39, 0.29) is 18.0 Å². The maximum absolute atomic E-state index is 13.7. The van der Waals surface area contributed by atoms with Gasteiger partial charge in [0.25, 0.3) is 0 Å². The Kier molecular flexibility index (Phi) is 5.78. The number of amides is 1. The van der Waals surface area contributed by atoms with Crippen LogP contribution in [0, 0.1) is 0 Å². The summed E-state index contributed by atoms with van der Waals surface area (Å²) < 4.78 is 21.4. The van der Waals surface area contributed by atoms with E-state index in [1.807, 2.05) is 45.9 Å². The first-order chi connectivity index (χ1) is 15.6. The molecule has 2 aliphatic heterocycles. The van der Waals surface area contributed by atoms with Crippen LogP contribution < -0.4 is 4.90 Å². The number of pyridine rings is 2. The second kappa shape index (κ2) is 8.86. The number of alkyl halides is 1. The molecule has 3 atom stereocenters. The maximum atomic E-state index is 13.7. The Bertz CT molecular complexity index is 1090. The molecule has 7 nitrogen and oxygen atoms in total. The molecule has 0 spiro atoms. The second-order valence-corrected chi connectivity index (χ2v) is 8.64. The Labute approximate surface area is 186 Å². The molecule has 2 aliphatic rings. The van der Waals surface area contributed by atoms with Crippen molar-refractivity contribution in [2.75, 3.05) is 24.6 Å². The molecular weight excluding hydrogens is 409 g/mol. The maximum Gasteiger partial charge on any atom is 0.225 e. The number of halogens is 1. The van der Waals surface area contributed by atoms with E-state index in [2.05, 4.69) is 15.0 Å². The second-order valence-electron chi connectivity index (χ2n) is 8.64. The summed E-state index contributed by atoms with van der Waals surface area (Å²) in [5.74, 6) is 0.136. The third-order valence-corrected chi connectivity index (χ3v) is 6.55. The van der Waals surface area contributed by atoms with Crippen molar-refractivity contribution in [2.24, 2.45) is 0 Å². The number of piperazine rings is 1. The average molecular weight is 438 g/mol. The van der Waals surface area contributed by atoms with Gasteiger partial charge in [0.05, 0.1) is 30.8 Å². The molecule has 2 fully saturated rings. The Hall–Kier alpha value is -3.00. The van der Waals surface area contributed by atoms with Gasteiger partial charge in [0.2, 0.25) is 5.91 Å². The van der Waals surface area contributed by atoms with E-state index >= 15 is 0 Å². The van der Waals surface area contributed by atoms with E-state index in [0.717, 1.165) is 29.6 Å². The van der Waals surface area contributed by atoms with E-state index in [9.17, 15) is 9.18 Å². The number of aromatic nitrogens is 3. The average Bonchev–Trinajstić information content (AvgIpc) is 3.39. The fourth-order valence-corrected chi connectivity index (χ4v) is 4.98. The lowest BCUT2D eigenvalue weighted by Gasteiger charge is -2.42. The standard InChI is InChI=1S/C24H28FN5O2/c1-17(25)22-13-19(6-9-26-22)30-20-4-5-21(30)15-28(14-20)24(31)8-12-32-16-18-3-2-11-29-23(18)7-10-27-29/h2-3,6-7,9-11,13,17,20-21H,4-5,8,12,14-16H2,1H3. The monoisotopic (exact) mass is 437 g/mol. The molecule has 2 bridgehead atoms. The third-order valence-electron chi connectivity index (χ3n) is 6.55. The predicted octanol–water partition coefficient (Wildman–Crippen LogP) is 3.55. The van der Waals surface area contributed by atoms with Crippen LogP contribution in [0.1, 0.15) is 43.6 Å². The van der Waals surface area contributed by atoms with Crippen LogP contribution in [0.4, 0.5) is 10.1 Å². The van der Waals surface area contributed by atoms with Crippen LogP contribution in [-0.2, 0) is 16.1 Å². The number of ether oxygens (including phenoxy) is 1. The highest BCUT2D eigenvalue weighted by molar-refractivity contribution is 5.77. The number of hydrogen-bond donors (Lipinski definition) is 0. The minimum Gasteiger partial charge on any atom is -0.376 e. The molecule has 8 heteroatoms. The van der Waals surface area contributed by atoms with Gasteiger partial charge >= 0.3 is 0 Å². The van der Waals surface area contributed by atoms with Gasteiger partial charge in [-0.25, -0.2) is 8.91 Å². The number of rotatable bonds is 7. The molecule has 3 aromatic heterocycles. The molecule has 0 radical (unpaired) electrons. The van der Waals surface area contributed by atoms with Crippen LogP contribution in [-0.4, -0.2) is 57.2 Å². The summed E-state index contributed by atoms with van der Waals surface area (Å²) in [5.41, 5.74) is 3.55. The minimum absolute atomic E-state index is 0.136. The highest BCUT2D eigenvalue weighted by Crippen LogP contribution is 2.35. The SMILES string of the molecule is CC(F)c1cc(N2C3CCC2CN(C(=O)CCOCc2cccn4nccc24)C3)ccn1. The van der Waals surface area contributed by atoms with Gasteiger partial charge in [-0.05, 0) is 44.0 Å². The molecule has 0 N–H and O–H groups in total. The molecule has 5 heterocycles. The quantitative estimate of drug-likeness (QED) is 0.529. The number of carbonyl (C=O) groups excluding carboxylic acids is 1. The molecule has 0 aliphatic carbocycles. The van der Waals surface area contributed by atoms with Gasteiger partial charge in [-0.2, -0.15) is 5.10 Å². The molecule has 1 amide bonds. The molecule has 5 rings (SSSR count). The first kappa shape index (κ1) is 20.9. The van der Waals surface area contributed by atoms with Crippen LogP contribution in [0.25, 0.3) is 5.52 Å². The number of likely N-dealkylation sites (tertiary alicyclic amines) is 1. The smallest absolute Gasteiger partial charge is 0.225 e. The van der Waals surface area contributed by atoms with Gasteiger partial charge in [0.15, 0.2) is 0 Å². The summed E-state index contributed by atoms with van der Waals surface area (Å²) >= 11 is 0. The zero-order chi connectivity index (χ0) is 22.1. The summed E-state index contributed by atoms with van der Waals surface area (Å²) in [7, 11) is 0. The highest BCUT2D eigenvalue weighted by Gasteiger charge is 2.41. The molecule has 3 aromatic rings. The van der Waals surface area contributed by atoms with Gasteiger partial charge in [0, 0.05) is 55.0 Å². The summed E-state index contributed by atoms with van der Waals surface area (Å²) in [4.78, 5) is 21.3. The first-order valence-electron chi connectivity index (χ1n) is 11.3. The minimum atomic E-state index is -1.09. The Balaban J connectivity index is 1.15. The fraction of sp³-hybridized carbons (Fsp3) is 0.458. The van der Waals surface area contributed by atoms with Crippen molar-refractivity contribution in [2.45, 2.75) is 51.0 Å². The van der Waals surface area contributed by atoms with Crippen LogP contribution in [0.2, 0.25) is 0 Å². The number of anilines is 1. The molecule has 0 aromatic carbocycles. The van der Waals surface area contributed by atoms with Gasteiger partial charge in [-0.1, -0.05) is 6.07 Å². The van der Waals surface area contributed by atoms with Crippen molar-refractivity contribution in [3.63, 3.8) is 0 Å². The fourth-order valence-electron chi connectivity index (χ4n) is 4.98. The van der Waals surface area contributed by atoms with Gasteiger partial charge in [-0.3, -0.25) is 9.78 Å². The molecule has 168 valence electrons. The predicted molar refractivity (Wildman–Crippen MR) is 119 cm³/mol. The zero-order valence-electron chi connectivity index (χ0n) is 18.2. The summed E-state index contributed by atoms with van der Waals surface area (Å²) in [6.45, 7) is 3.77. The van der Waals surface area contributed by atoms with Crippen LogP contribution in [0.5, 0.6) is 0 Å². The number of carbonyl (C=O) groups is 1. The Morgan fingerprint density at radius 1 is 1.22 bits per heavy atom. The summed E-state index contributed by atoms with van der Waals surface area (Å²) in [6.07, 6.45) is 6.73. The van der Waals surface area contributed by atoms with Crippen molar-refractivity contribution in [3.8, 4) is 0 Å². The lowest BCUT2D eigenvalue weighted by atomic mass is 10.1. The molecule has 0 saturated carbocycles. The molecule has 2 saturated heterocycles. The van der Waals surface area contributed by atoms with Gasteiger partial charge in [-0.15, -0.1) is 0 Å². The van der Waals surface area contributed by atoms with E-state index in [4.69, 9.17) is 4.74 Å². The summed E-state index contributed by atoms with van der Waals surface area (Å²) in [5, 5.41) is 4.23. The summed E-state index contributed by atoms with van der Waals surface area (Å²) in [6, 6.07) is 10.3. The Morgan fingerprint density at radius 3 is 2.81 bits per heavy atom. The molecular formula is C24H28FN5O2. The van der Waals surface area contributed by atoms with Crippen LogP contribution >= 0.6 is 0 Å². The first-order valence-corrected chi connectivity index (χ1v) is 11.3. The van der Waals surface area contributed by atoms with Gasteiger partial charge in [0.1, 0.15) is 6.17 Å². The largest absolute Gasteiger partial charge is 0.376 e. The molecule has 32 heavy (non-hydrogen) atoms. The van der Waals surface area contributed by atoms with Crippen LogP contribution in [0.3, 0.4) is 0 Å². The van der Waals surface area contributed by atoms with E-state index < -0.39 is 6.17 Å². The number of fused-ring (bicyclic) bond motifs is 3. The molecule has 3 unspecified atom stereocenters. The van der Waals surface area contributed by atoms with Crippen molar-refractivity contribution < 1.29 is 13.9 Å². The van der Waals surface area contributed by atoms with Crippen molar-refractivity contribution in [1.82, 2.24) is 19.5 Å². The highest BCUT2D eigenvalue weighted by atomic mass is 19.1. The topological polar surface area (TPSA) is 63.0 Å². The van der Waals surface area contributed by atoms with E-state index in [1.54, 1.807) is 12.4 Å². The number of nitrogens with zero attached hydrogens (tertiary/aromatic N) is 5. The van der Waals surface area contributed by atoms with E-state index in [1.165, 1.54) is 6.92 Å². The number of hydrogen-bond acceptors (Lipinski definition) is 5. The van der Waals surface area contributed by atoms with E-state index in [0.29, 0.717) is 38.4 Å². The Morgan fingerprint density at radius 2 is 2.03 bits per heavy atom. The zero-order valence-corrected chi connectivity index (χ0v) is 18.2. The lowest BCUT2D eigenvalue weighted by Crippen LogP contribution is -2.55. The van der Waals surface area contributed by atoms with Crippen LogP contribution in [0.15, 0.2) is 48.9 Å². The van der Waals surface area contributed by atoms with Crippen molar-refractivity contribution in [1.29, 1.82) is 0 Å². The normalized spacial score (nSPS) is 21.3. The van der Waals surface area contributed by atoms with Crippen molar-refractivity contribution >= 4 is 17.1 Å².